The van der Waals surface area contributed by atoms with E-state index >= 15 is 0 Å². The fourth-order valence-electron chi connectivity index (χ4n) is 1.57. The number of carbonyl (C=O) groups is 1. The summed E-state index contributed by atoms with van der Waals surface area (Å²) in [5.41, 5.74) is -0.741. The number of hydroxylamine groups is 1. The Morgan fingerprint density at radius 2 is 1.94 bits per heavy atom. The van der Waals surface area contributed by atoms with Crippen LogP contribution in [0.4, 0.5) is 13.2 Å². The molecule has 0 unspecified atom stereocenters. The minimum atomic E-state index is -4.77. The first kappa shape index (κ1) is 12.3. The van der Waals surface area contributed by atoms with Crippen molar-refractivity contribution in [2.45, 2.75) is 6.18 Å². The molecule has 1 aromatic carbocycles. The van der Waals surface area contributed by atoms with E-state index in [0.29, 0.717) is 5.39 Å². The standard InChI is InChI=1S/C11H7F3N2O2/c12-11(13,14)9-7(10(17)16-18)5-6-3-1-2-4-8(6)15-9/h1-5,18H,(H,16,17). The van der Waals surface area contributed by atoms with Crippen LogP contribution >= 0.6 is 0 Å². The first-order valence-corrected chi connectivity index (χ1v) is 4.85. The van der Waals surface area contributed by atoms with Crippen LogP contribution < -0.4 is 5.48 Å². The number of carbonyl (C=O) groups excluding carboxylic acids is 1. The van der Waals surface area contributed by atoms with E-state index < -0.39 is 23.3 Å². The number of hydrogen-bond donors (Lipinski definition) is 2. The van der Waals surface area contributed by atoms with E-state index in [1.165, 1.54) is 17.6 Å². The number of rotatable bonds is 1. The second-order valence-corrected chi connectivity index (χ2v) is 3.52. The van der Waals surface area contributed by atoms with Gasteiger partial charge in [-0.15, -0.1) is 0 Å². The summed E-state index contributed by atoms with van der Waals surface area (Å²) in [5, 5.41) is 8.83. The van der Waals surface area contributed by atoms with Crippen molar-refractivity contribution in [2.24, 2.45) is 0 Å². The molecule has 94 valence electrons. The number of aromatic nitrogens is 1. The summed E-state index contributed by atoms with van der Waals surface area (Å²) in [6.07, 6.45) is -4.77. The van der Waals surface area contributed by atoms with Crippen LogP contribution in [-0.4, -0.2) is 16.1 Å². The van der Waals surface area contributed by atoms with Crippen LogP contribution in [0.15, 0.2) is 30.3 Å². The summed E-state index contributed by atoms with van der Waals surface area (Å²) in [4.78, 5) is 14.6. The van der Waals surface area contributed by atoms with Crippen LogP contribution in [0.25, 0.3) is 10.9 Å². The number of amides is 1. The number of benzene rings is 1. The highest BCUT2D eigenvalue weighted by atomic mass is 19.4. The number of halogens is 3. The van der Waals surface area contributed by atoms with Crippen LogP contribution in [0, 0.1) is 0 Å². The molecule has 2 rings (SSSR count). The second kappa shape index (κ2) is 4.26. The lowest BCUT2D eigenvalue weighted by molar-refractivity contribution is -0.141. The van der Waals surface area contributed by atoms with Gasteiger partial charge >= 0.3 is 6.18 Å². The van der Waals surface area contributed by atoms with Gasteiger partial charge in [-0.3, -0.25) is 10.0 Å². The third-order valence-corrected chi connectivity index (χ3v) is 2.34. The van der Waals surface area contributed by atoms with Gasteiger partial charge in [0.1, 0.15) is 0 Å². The molecule has 0 fully saturated rings. The summed E-state index contributed by atoms with van der Waals surface area (Å²) in [6.45, 7) is 0. The number of hydrogen-bond acceptors (Lipinski definition) is 3. The number of para-hydroxylation sites is 1. The summed E-state index contributed by atoms with van der Waals surface area (Å²) in [7, 11) is 0. The SMILES string of the molecule is O=C(NO)c1cc2ccccc2nc1C(F)(F)F. The van der Waals surface area contributed by atoms with Gasteiger partial charge in [0.15, 0.2) is 5.69 Å². The fraction of sp³-hybridized carbons (Fsp3) is 0.0909. The van der Waals surface area contributed by atoms with Crippen molar-refractivity contribution < 1.29 is 23.2 Å². The second-order valence-electron chi connectivity index (χ2n) is 3.52. The van der Waals surface area contributed by atoms with E-state index in [4.69, 9.17) is 5.21 Å². The topological polar surface area (TPSA) is 62.2 Å². The number of nitrogens with zero attached hydrogens (tertiary/aromatic N) is 1. The van der Waals surface area contributed by atoms with Crippen LogP contribution in [0.1, 0.15) is 16.1 Å². The normalized spacial score (nSPS) is 11.6. The Balaban J connectivity index is 2.76. The summed E-state index contributed by atoms with van der Waals surface area (Å²) >= 11 is 0. The van der Waals surface area contributed by atoms with Gasteiger partial charge in [-0.25, -0.2) is 10.5 Å². The van der Waals surface area contributed by atoms with Gasteiger partial charge in [-0.1, -0.05) is 18.2 Å². The Kier molecular flexibility index (Phi) is 2.92. The fourth-order valence-corrected chi connectivity index (χ4v) is 1.57. The predicted octanol–water partition coefficient (Wildman–Crippen LogP) is 2.37. The van der Waals surface area contributed by atoms with Gasteiger partial charge < -0.3 is 0 Å². The molecule has 4 nitrogen and oxygen atoms in total. The zero-order chi connectivity index (χ0) is 13.3. The average molecular weight is 256 g/mol. The molecule has 0 radical (unpaired) electrons. The zero-order valence-electron chi connectivity index (χ0n) is 8.82. The summed E-state index contributed by atoms with van der Waals surface area (Å²) < 4.78 is 38.2. The third-order valence-electron chi connectivity index (χ3n) is 2.34. The molecule has 0 saturated heterocycles. The van der Waals surface area contributed by atoms with Crippen molar-refractivity contribution in [3.8, 4) is 0 Å². The van der Waals surface area contributed by atoms with Crippen molar-refractivity contribution in [1.82, 2.24) is 10.5 Å². The van der Waals surface area contributed by atoms with Crippen LogP contribution in [0.3, 0.4) is 0 Å². The number of pyridine rings is 1. The van der Waals surface area contributed by atoms with Gasteiger partial charge in [0.25, 0.3) is 5.91 Å². The zero-order valence-corrected chi connectivity index (χ0v) is 8.82. The van der Waals surface area contributed by atoms with Gasteiger partial charge in [0, 0.05) is 5.39 Å². The van der Waals surface area contributed by atoms with Crippen molar-refractivity contribution in [3.63, 3.8) is 0 Å². The first-order valence-electron chi connectivity index (χ1n) is 4.85. The highest BCUT2D eigenvalue weighted by Gasteiger charge is 2.37. The Morgan fingerprint density at radius 3 is 2.56 bits per heavy atom. The smallest absolute Gasteiger partial charge is 0.288 e. The molecule has 0 atom stereocenters. The van der Waals surface area contributed by atoms with Crippen molar-refractivity contribution in [1.29, 1.82) is 0 Å². The molecule has 7 heteroatoms. The minimum Gasteiger partial charge on any atom is -0.288 e. The minimum absolute atomic E-state index is 0.124. The molecule has 1 heterocycles. The average Bonchev–Trinajstić information content (AvgIpc) is 2.35. The van der Waals surface area contributed by atoms with Crippen LogP contribution in [-0.2, 0) is 6.18 Å². The molecule has 0 saturated carbocycles. The third kappa shape index (κ3) is 2.12. The van der Waals surface area contributed by atoms with E-state index in [0.717, 1.165) is 6.07 Å². The molecule has 1 aromatic heterocycles. The quantitative estimate of drug-likeness (QED) is 0.608. The summed E-state index contributed by atoms with van der Waals surface area (Å²) in [6, 6.07) is 7.12. The number of fused-ring (bicyclic) bond motifs is 1. The van der Waals surface area contributed by atoms with Gasteiger partial charge in [-0.05, 0) is 12.1 Å². The number of nitrogens with one attached hydrogen (secondary N) is 1. The number of alkyl halides is 3. The molecule has 0 spiro atoms. The van der Waals surface area contributed by atoms with Crippen molar-refractivity contribution in [2.75, 3.05) is 0 Å². The Morgan fingerprint density at radius 1 is 1.28 bits per heavy atom. The van der Waals surface area contributed by atoms with Crippen LogP contribution in [0.2, 0.25) is 0 Å². The van der Waals surface area contributed by atoms with Gasteiger partial charge in [0.2, 0.25) is 0 Å². The van der Waals surface area contributed by atoms with Crippen molar-refractivity contribution in [3.05, 3.63) is 41.6 Å². The molecule has 0 aliphatic carbocycles. The van der Waals surface area contributed by atoms with E-state index in [1.54, 1.807) is 12.1 Å². The molecule has 18 heavy (non-hydrogen) atoms. The highest BCUT2D eigenvalue weighted by Crippen LogP contribution is 2.32. The van der Waals surface area contributed by atoms with Crippen molar-refractivity contribution >= 4 is 16.8 Å². The molecule has 1 amide bonds. The maximum Gasteiger partial charge on any atom is 0.434 e. The largest absolute Gasteiger partial charge is 0.434 e. The lowest BCUT2D eigenvalue weighted by Crippen LogP contribution is -2.24. The highest BCUT2D eigenvalue weighted by molar-refractivity contribution is 5.98. The maximum atomic E-state index is 12.7. The molecule has 2 N–H and O–H groups in total. The van der Waals surface area contributed by atoms with E-state index in [9.17, 15) is 18.0 Å². The lowest BCUT2D eigenvalue weighted by atomic mass is 10.1. The lowest BCUT2D eigenvalue weighted by Gasteiger charge is -2.11. The summed E-state index contributed by atoms with van der Waals surface area (Å²) in [5.74, 6) is -1.25. The molecule has 0 bridgehead atoms. The Bertz CT molecular complexity index is 611. The first-order chi connectivity index (χ1) is 8.43. The van der Waals surface area contributed by atoms with E-state index in [2.05, 4.69) is 4.98 Å². The Labute approximate surface area is 99.0 Å². The predicted molar refractivity (Wildman–Crippen MR) is 56.0 cm³/mol. The molecule has 0 aliphatic heterocycles. The van der Waals surface area contributed by atoms with Gasteiger partial charge in [-0.2, -0.15) is 13.2 Å². The maximum absolute atomic E-state index is 12.7. The van der Waals surface area contributed by atoms with Crippen LogP contribution in [0.5, 0.6) is 0 Å². The van der Waals surface area contributed by atoms with E-state index in [1.807, 2.05) is 0 Å². The monoisotopic (exact) mass is 256 g/mol. The molecular weight excluding hydrogens is 249 g/mol. The molecular formula is C11H7F3N2O2. The molecule has 2 aromatic rings. The van der Waals surface area contributed by atoms with E-state index in [-0.39, 0.29) is 5.52 Å². The Hall–Kier alpha value is -2.15. The molecule has 0 aliphatic rings. The van der Waals surface area contributed by atoms with Gasteiger partial charge in [0.05, 0.1) is 11.1 Å².